The summed E-state index contributed by atoms with van der Waals surface area (Å²) in [5.74, 6) is -0.215. The fraction of sp³-hybridized carbons (Fsp3) is 0.400. The van der Waals surface area contributed by atoms with E-state index in [1.54, 1.807) is 37.3 Å². The summed E-state index contributed by atoms with van der Waals surface area (Å²) in [5.41, 5.74) is 2.12. The summed E-state index contributed by atoms with van der Waals surface area (Å²) in [7, 11) is 0. The van der Waals surface area contributed by atoms with Crippen LogP contribution in [0.3, 0.4) is 0 Å². The van der Waals surface area contributed by atoms with Gasteiger partial charge in [-0.15, -0.1) is 0 Å². The van der Waals surface area contributed by atoms with Gasteiger partial charge in [-0.3, -0.25) is 14.4 Å². The number of nitrogens with zero attached hydrogens (tertiary/aromatic N) is 2. The first-order valence-electron chi connectivity index (χ1n) is 9.11. The lowest BCUT2D eigenvalue weighted by Crippen LogP contribution is -2.46. The molecule has 28 heavy (non-hydrogen) atoms. The van der Waals surface area contributed by atoms with Crippen molar-refractivity contribution in [1.29, 1.82) is 0 Å². The molecule has 2 N–H and O–H groups in total. The molecule has 0 aliphatic carbocycles. The van der Waals surface area contributed by atoms with Crippen LogP contribution >= 0.6 is 0 Å². The summed E-state index contributed by atoms with van der Waals surface area (Å²) in [5, 5.41) is 16.5. The normalized spacial score (nSPS) is 18.9. The maximum absolute atomic E-state index is 12.6. The minimum atomic E-state index is -0.744. The molecular weight excluding hydrogens is 362 g/mol. The zero-order chi connectivity index (χ0) is 20.3. The number of rotatable bonds is 6. The summed E-state index contributed by atoms with van der Waals surface area (Å²) in [4.78, 5) is 37.9. The van der Waals surface area contributed by atoms with Gasteiger partial charge in [0.25, 0.3) is 0 Å². The fourth-order valence-electron chi connectivity index (χ4n) is 3.25. The molecule has 0 bridgehead atoms. The number of hydrogen-bond acceptors (Lipinski definition) is 6. The number of amides is 2. The number of Topliss-reactive ketones (excluding diaryl/α,β-unsaturated/α-hetero) is 1. The number of aliphatic hydroxyl groups excluding tert-OH is 1. The van der Waals surface area contributed by atoms with Gasteiger partial charge in [-0.1, -0.05) is 29.4 Å². The van der Waals surface area contributed by atoms with E-state index in [1.165, 1.54) is 11.8 Å². The Labute approximate surface area is 162 Å². The second-order valence-corrected chi connectivity index (χ2v) is 7.03. The number of carbonyl (C=O) groups excluding carboxylic acids is 3. The Kier molecular flexibility index (Phi) is 5.89. The number of carbonyl (C=O) groups is 3. The molecule has 0 spiro atoms. The molecule has 8 heteroatoms. The smallest absolute Gasteiger partial charge is 0.243 e. The lowest BCUT2D eigenvalue weighted by molar-refractivity contribution is -0.138. The van der Waals surface area contributed by atoms with E-state index in [4.69, 9.17) is 4.52 Å². The zero-order valence-electron chi connectivity index (χ0n) is 15.8. The first kappa shape index (κ1) is 19.8. The Balaban J connectivity index is 1.60. The Bertz CT molecular complexity index is 874. The molecule has 1 aromatic heterocycles. The molecule has 1 aliphatic heterocycles. The maximum atomic E-state index is 12.6. The van der Waals surface area contributed by atoms with Gasteiger partial charge in [0.1, 0.15) is 11.8 Å². The predicted octanol–water partition coefficient (Wildman–Crippen LogP) is 1.01. The maximum Gasteiger partial charge on any atom is 0.243 e. The number of likely N-dealkylation sites (tertiary alicyclic amines) is 1. The van der Waals surface area contributed by atoms with Gasteiger partial charge in [0.15, 0.2) is 5.78 Å². The lowest BCUT2D eigenvalue weighted by atomic mass is 10.1. The molecule has 1 fully saturated rings. The number of aryl methyl sites for hydroxylation is 1. The molecule has 3 rings (SSSR count). The molecule has 0 unspecified atom stereocenters. The SMILES string of the molecule is CC(=O)c1ccc(CNC(=O)[C@@H]2C[C@@H](O)CN2C(=O)Cc2cc(C)no2)cc1. The quantitative estimate of drug-likeness (QED) is 0.718. The average molecular weight is 385 g/mol. The van der Waals surface area contributed by atoms with Crippen molar-refractivity contribution < 1.29 is 24.0 Å². The van der Waals surface area contributed by atoms with E-state index in [2.05, 4.69) is 10.5 Å². The van der Waals surface area contributed by atoms with Gasteiger partial charge in [0.05, 0.1) is 18.2 Å². The number of benzene rings is 1. The summed E-state index contributed by atoms with van der Waals surface area (Å²) in [6, 6.07) is 7.90. The molecule has 0 radical (unpaired) electrons. The fourth-order valence-corrected chi connectivity index (χ4v) is 3.25. The third kappa shape index (κ3) is 4.64. The lowest BCUT2D eigenvalue weighted by Gasteiger charge is -2.23. The van der Waals surface area contributed by atoms with Crippen molar-refractivity contribution in [3.63, 3.8) is 0 Å². The summed E-state index contributed by atoms with van der Waals surface area (Å²) in [6.45, 7) is 3.63. The van der Waals surface area contributed by atoms with Crippen molar-refractivity contribution >= 4 is 17.6 Å². The Hall–Kier alpha value is -3.00. The van der Waals surface area contributed by atoms with Crippen molar-refractivity contribution in [2.45, 2.75) is 45.4 Å². The summed E-state index contributed by atoms with van der Waals surface area (Å²) in [6.07, 6.45) is -0.564. The highest BCUT2D eigenvalue weighted by Gasteiger charge is 2.38. The van der Waals surface area contributed by atoms with Crippen molar-refractivity contribution in [2.75, 3.05) is 6.54 Å². The van der Waals surface area contributed by atoms with Gasteiger partial charge >= 0.3 is 0 Å². The Morgan fingerprint density at radius 2 is 2.00 bits per heavy atom. The third-order valence-corrected chi connectivity index (χ3v) is 4.73. The van der Waals surface area contributed by atoms with Crippen LogP contribution in [0.15, 0.2) is 34.9 Å². The van der Waals surface area contributed by atoms with Crippen LogP contribution < -0.4 is 5.32 Å². The first-order chi connectivity index (χ1) is 13.3. The minimum absolute atomic E-state index is 0.0101. The Morgan fingerprint density at radius 3 is 2.61 bits per heavy atom. The van der Waals surface area contributed by atoms with Crippen LogP contribution in [0, 0.1) is 6.92 Å². The third-order valence-electron chi connectivity index (χ3n) is 4.73. The second kappa shape index (κ2) is 8.35. The monoisotopic (exact) mass is 385 g/mol. The van der Waals surface area contributed by atoms with Gasteiger partial charge in [0, 0.05) is 31.1 Å². The Morgan fingerprint density at radius 1 is 1.29 bits per heavy atom. The van der Waals surface area contributed by atoms with Crippen LogP contribution in [-0.2, 0) is 22.6 Å². The van der Waals surface area contributed by atoms with Crippen LogP contribution in [0.2, 0.25) is 0 Å². The van der Waals surface area contributed by atoms with Gasteiger partial charge < -0.3 is 19.8 Å². The molecular formula is C20H23N3O5. The molecule has 2 atom stereocenters. The molecule has 2 heterocycles. The number of aliphatic hydroxyl groups is 1. The van der Waals surface area contributed by atoms with Crippen LogP contribution in [0.25, 0.3) is 0 Å². The molecule has 0 saturated carbocycles. The number of hydrogen-bond donors (Lipinski definition) is 2. The van der Waals surface area contributed by atoms with Gasteiger partial charge in [-0.25, -0.2) is 0 Å². The van der Waals surface area contributed by atoms with E-state index >= 15 is 0 Å². The van der Waals surface area contributed by atoms with E-state index in [9.17, 15) is 19.5 Å². The number of aromatic nitrogens is 1. The average Bonchev–Trinajstić information content (AvgIpc) is 3.25. The molecule has 1 saturated heterocycles. The van der Waals surface area contributed by atoms with Crippen molar-refractivity contribution in [1.82, 2.24) is 15.4 Å². The largest absolute Gasteiger partial charge is 0.391 e. The summed E-state index contributed by atoms with van der Waals surface area (Å²) < 4.78 is 5.06. The number of ketones is 1. The molecule has 2 amide bonds. The van der Waals surface area contributed by atoms with Crippen molar-refractivity contribution in [3.8, 4) is 0 Å². The van der Waals surface area contributed by atoms with E-state index in [0.29, 0.717) is 17.0 Å². The molecule has 148 valence electrons. The van der Waals surface area contributed by atoms with E-state index in [-0.39, 0.29) is 43.5 Å². The highest BCUT2D eigenvalue weighted by molar-refractivity contribution is 5.94. The van der Waals surface area contributed by atoms with Crippen LogP contribution in [0.5, 0.6) is 0 Å². The number of nitrogens with one attached hydrogen (secondary N) is 1. The van der Waals surface area contributed by atoms with Crippen LogP contribution in [0.1, 0.15) is 40.7 Å². The van der Waals surface area contributed by atoms with Crippen LogP contribution in [-0.4, -0.2) is 51.5 Å². The molecule has 1 aliphatic rings. The van der Waals surface area contributed by atoms with Crippen LogP contribution in [0.4, 0.5) is 0 Å². The van der Waals surface area contributed by atoms with E-state index < -0.39 is 12.1 Å². The predicted molar refractivity (Wildman–Crippen MR) is 99.4 cm³/mol. The minimum Gasteiger partial charge on any atom is -0.391 e. The van der Waals surface area contributed by atoms with Crippen molar-refractivity contribution in [3.05, 3.63) is 52.9 Å². The van der Waals surface area contributed by atoms with E-state index in [1.807, 2.05) is 0 Å². The molecule has 8 nitrogen and oxygen atoms in total. The van der Waals surface area contributed by atoms with E-state index in [0.717, 1.165) is 5.56 Å². The standard InChI is InChI=1S/C20H23N3O5/c1-12-7-17(28-22-12)9-19(26)23-11-16(25)8-18(23)20(27)21-10-14-3-5-15(6-4-14)13(2)24/h3-7,16,18,25H,8-11H2,1-2H3,(H,21,27)/t16-,18+/m1/s1. The molecule has 2 aromatic rings. The highest BCUT2D eigenvalue weighted by atomic mass is 16.5. The van der Waals surface area contributed by atoms with Gasteiger partial charge in [0.2, 0.25) is 11.8 Å². The molecule has 1 aromatic carbocycles. The van der Waals surface area contributed by atoms with Crippen molar-refractivity contribution in [2.24, 2.45) is 0 Å². The summed E-state index contributed by atoms with van der Waals surface area (Å²) >= 11 is 0. The highest BCUT2D eigenvalue weighted by Crippen LogP contribution is 2.20. The second-order valence-electron chi connectivity index (χ2n) is 7.03. The topological polar surface area (TPSA) is 113 Å². The first-order valence-corrected chi connectivity index (χ1v) is 9.11. The van der Waals surface area contributed by atoms with Gasteiger partial charge in [-0.2, -0.15) is 0 Å². The number of β-amino-alcohol motifs (C(OH)–C–C–N with tert-alkyl or cyclic N) is 1. The van der Waals surface area contributed by atoms with Gasteiger partial charge in [-0.05, 0) is 19.4 Å². The zero-order valence-corrected chi connectivity index (χ0v) is 15.8.